The molecule has 0 saturated carbocycles. The summed E-state index contributed by atoms with van der Waals surface area (Å²) in [6.07, 6.45) is 1.05. The van der Waals surface area contributed by atoms with Crippen molar-refractivity contribution < 1.29 is 17.6 Å². The smallest absolute Gasteiger partial charge is 0.255 e. The average Bonchev–Trinajstić information content (AvgIpc) is 2.69. The van der Waals surface area contributed by atoms with Crippen LogP contribution in [0.2, 0.25) is 5.02 Å². The lowest BCUT2D eigenvalue weighted by Crippen LogP contribution is -2.29. The first-order valence-corrected chi connectivity index (χ1v) is 11.7. The minimum atomic E-state index is -3.68. The van der Waals surface area contributed by atoms with E-state index in [4.69, 9.17) is 11.6 Å². The first kappa shape index (κ1) is 22.3. The van der Waals surface area contributed by atoms with Gasteiger partial charge in [-0.2, -0.15) is 0 Å². The van der Waals surface area contributed by atoms with Gasteiger partial charge in [-0.15, -0.1) is 0 Å². The summed E-state index contributed by atoms with van der Waals surface area (Å²) >= 11 is 9.32. The summed E-state index contributed by atoms with van der Waals surface area (Å²) in [6, 6.07) is 17.0. The third-order valence-corrected chi connectivity index (χ3v) is 6.64. The highest BCUT2D eigenvalue weighted by atomic mass is 79.9. The van der Waals surface area contributed by atoms with E-state index in [-0.39, 0.29) is 18.0 Å². The highest BCUT2D eigenvalue weighted by Gasteiger charge is 2.20. The number of carbonyl (C=O) groups excluding carboxylic acids is 1. The molecule has 0 unspecified atom stereocenters. The third kappa shape index (κ3) is 5.38. The van der Waals surface area contributed by atoms with Gasteiger partial charge in [0.1, 0.15) is 5.82 Å². The number of rotatable bonds is 6. The number of nitrogens with one attached hydrogen (secondary N) is 1. The number of amides is 1. The molecule has 9 heteroatoms. The maximum absolute atomic E-state index is 14.0. The van der Waals surface area contributed by atoms with Gasteiger partial charge in [0.15, 0.2) is 0 Å². The average molecular weight is 512 g/mol. The predicted octanol–water partition coefficient (Wildman–Crippen LogP) is 5.46. The molecule has 30 heavy (non-hydrogen) atoms. The Labute approximate surface area is 187 Å². The molecule has 0 aliphatic heterocycles. The molecule has 0 atom stereocenters. The molecule has 0 saturated heterocycles. The summed E-state index contributed by atoms with van der Waals surface area (Å²) in [6.45, 7) is -0.158. The molecule has 0 aromatic heterocycles. The number of benzene rings is 3. The zero-order valence-corrected chi connectivity index (χ0v) is 18.9. The van der Waals surface area contributed by atoms with E-state index in [9.17, 15) is 17.6 Å². The number of hydrogen-bond donors (Lipinski definition) is 1. The van der Waals surface area contributed by atoms with Crippen LogP contribution in [-0.4, -0.2) is 20.6 Å². The lowest BCUT2D eigenvalue weighted by atomic mass is 10.1. The van der Waals surface area contributed by atoms with E-state index in [2.05, 4.69) is 21.2 Å². The van der Waals surface area contributed by atoms with Crippen LogP contribution in [-0.2, 0) is 16.6 Å². The Kier molecular flexibility index (Phi) is 6.80. The molecule has 0 aliphatic carbocycles. The lowest BCUT2D eigenvalue weighted by molar-refractivity contribution is 0.102. The van der Waals surface area contributed by atoms with E-state index in [0.29, 0.717) is 26.4 Å². The van der Waals surface area contributed by atoms with Crippen LogP contribution in [0.15, 0.2) is 71.2 Å². The van der Waals surface area contributed by atoms with Gasteiger partial charge >= 0.3 is 0 Å². The zero-order chi connectivity index (χ0) is 21.9. The monoisotopic (exact) mass is 510 g/mol. The van der Waals surface area contributed by atoms with Crippen molar-refractivity contribution in [2.24, 2.45) is 0 Å². The quantitative estimate of drug-likeness (QED) is 0.478. The fourth-order valence-corrected chi connectivity index (χ4v) is 4.04. The summed E-state index contributed by atoms with van der Waals surface area (Å²) < 4.78 is 40.3. The molecule has 0 spiro atoms. The van der Waals surface area contributed by atoms with Gasteiger partial charge in [0, 0.05) is 21.3 Å². The Bertz CT molecular complexity index is 1190. The molecule has 0 radical (unpaired) electrons. The molecule has 5 nitrogen and oxygen atoms in total. The molecule has 3 rings (SSSR count). The Morgan fingerprint density at radius 3 is 2.37 bits per heavy atom. The van der Waals surface area contributed by atoms with Crippen molar-refractivity contribution in [2.75, 3.05) is 15.9 Å². The molecule has 0 fully saturated rings. The standard InChI is InChI=1S/C21H17BrClFN2O3S/c1-30(28,29)26(13-15-4-2-3-5-20(15)24)17-9-6-14(7-10-17)21(27)25-16-8-11-18(22)19(23)12-16/h2-12H,13H2,1H3,(H,25,27). The van der Waals surface area contributed by atoms with E-state index in [0.717, 1.165) is 10.6 Å². The molecular formula is C21H17BrClFN2O3S. The minimum absolute atomic E-state index is 0.158. The first-order valence-electron chi connectivity index (χ1n) is 8.73. The third-order valence-electron chi connectivity index (χ3n) is 4.27. The van der Waals surface area contributed by atoms with Crippen molar-refractivity contribution in [3.8, 4) is 0 Å². The van der Waals surface area contributed by atoms with Crippen LogP contribution >= 0.6 is 27.5 Å². The van der Waals surface area contributed by atoms with Gasteiger partial charge in [0.05, 0.1) is 23.5 Å². The van der Waals surface area contributed by atoms with E-state index >= 15 is 0 Å². The molecule has 0 heterocycles. The zero-order valence-electron chi connectivity index (χ0n) is 15.8. The van der Waals surface area contributed by atoms with Gasteiger partial charge in [-0.25, -0.2) is 12.8 Å². The van der Waals surface area contributed by atoms with Gasteiger partial charge < -0.3 is 5.32 Å². The normalized spacial score (nSPS) is 11.2. The second-order valence-electron chi connectivity index (χ2n) is 6.49. The maximum atomic E-state index is 14.0. The number of anilines is 2. The lowest BCUT2D eigenvalue weighted by Gasteiger charge is -2.23. The van der Waals surface area contributed by atoms with Gasteiger partial charge in [-0.3, -0.25) is 9.10 Å². The molecule has 1 N–H and O–H groups in total. The van der Waals surface area contributed by atoms with Crippen LogP contribution in [0, 0.1) is 5.82 Å². The van der Waals surface area contributed by atoms with Crippen LogP contribution in [0.5, 0.6) is 0 Å². The Balaban J connectivity index is 1.81. The number of hydrogen-bond acceptors (Lipinski definition) is 3. The van der Waals surface area contributed by atoms with E-state index in [1.54, 1.807) is 24.3 Å². The van der Waals surface area contributed by atoms with Crippen LogP contribution < -0.4 is 9.62 Å². The van der Waals surface area contributed by atoms with Crippen LogP contribution in [0.25, 0.3) is 0 Å². The van der Waals surface area contributed by atoms with Gasteiger partial charge in [0.25, 0.3) is 5.91 Å². The maximum Gasteiger partial charge on any atom is 0.255 e. The summed E-state index contributed by atoms with van der Waals surface area (Å²) in [5, 5.41) is 3.19. The highest BCUT2D eigenvalue weighted by Crippen LogP contribution is 2.26. The van der Waals surface area contributed by atoms with Crippen molar-refractivity contribution in [2.45, 2.75) is 6.54 Å². The van der Waals surface area contributed by atoms with Crippen LogP contribution in [0.1, 0.15) is 15.9 Å². The molecule has 3 aromatic rings. The minimum Gasteiger partial charge on any atom is -0.322 e. The fraction of sp³-hybridized carbons (Fsp3) is 0.0952. The molecule has 1 amide bonds. The largest absolute Gasteiger partial charge is 0.322 e. The second-order valence-corrected chi connectivity index (χ2v) is 9.66. The van der Waals surface area contributed by atoms with Crippen molar-refractivity contribution in [3.63, 3.8) is 0 Å². The van der Waals surface area contributed by atoms with Crippen LogP contribution in [0.4, 0.5) is 15.8 Å². The van der Waals surface area contributed by atoms with E-state index in [1.165, 1.54) is 42.5 Å². The molecule has 0 bridgehead atoms. The van der Waals surface area contributed by atoms with Crippen molar-refractivity contribution in [1.82, 2.24) is 0 Å². The molecule has 0 aliphatic rings. The van der Waals surface area contributed by atoms with E-state index in [1.807, 2.05) is 0 Å². The van der Waals surface area contributed by atoms with Gasteiger partial charge in [-0.1, -0.05) is 29.8 Å². The predicted molar refractivity (Wildman–Crippen MR) is 121 cm³/mol. The number of nitrogens with zero attached hydrogens (tertiary/aromatic N) is 1. The topological polar surface area (TPSA) is 66.5 Å². The Morgan fingerprint density at radius 2 is 1.77 bits per heavy atom. The highest BCUT2D eigenvalue weighted by molar-refractivity contribution is 9.10. The summed E-state index contributed by atoms with van der Waals surface area (Å²) in [5.74, 6) is -0.866. The fourth-order valence-electron chi connectivity index (χ4n) is 2.74. The van der Waals surface area contributed by atoms with Crippen molar-refractivity contribution >= 4 is 54.8 Å². The van der Waals surface area contributed by atoms with Crippen LogP contribution in [0.3, 0.4) is 0 Å². The van der Waals surface area contributed by atoms with Crippen molar-refractivity contribution in [3.05, 3.63) is 93.2 Å². The first-order chi connectivity index (χ1) is 14.1. The molecule has 156 valence electrons. The van der Waals surface area contributed by atoms with Crippen molar-refractivity contribution in [1.29, 1.82) is 0 Å². The van der Waals surface area contributed by atoms with Gasteiger partial charge in [0.2, 0.25) is 10.0 Å². The van der Waals surface area contributed by atoms with Gasteiger partial charge in [-0.05, 0) is 64.5 Å². The number of halogens is 3. The number of carbonyl (C=O) groups is 1. The molecule has 3 aromatic carbocycles. The van der Waals surface area contributed by atoms with E-state index < -0.39 is 15.8 Å². The molecular weight excluding hydrogens is 495 g/mol. The number of sulfonamides is 1. The second kappa shape index (κ2) is 9.16. The summed E-state index contributed by atoms with van der Waals surface area (Å²) in [7, 11) is -3.68. The summed E-state index contributed by atoms with van der Waals surface area (Å²) in [5.41, 5.74) is 1.42. The SMILES string of the molecule is CS(=O)(=O)N(Cc1ccccc1F)c1ccc(C(=O)Nc2ccc(Br)c(Cl)c2)cc1. The summed E-state index contributed by atoms with van der Waals surface area (Å²) in [4.78, 5) is 12.5. The Hall–Kier alpha value is -2.42. The Morgan fingerprint density at radius 1 is 1.10 bits per heavy atom.